The molecule has 3 nitrogen and oxygen atoms in total. The summed E-state index contributed by atoms with van der Waals surface area (Å²) in [5, 5.41) is 0. The standard InChI is InChI=1S/C16H14F2O3/c1-2-20-14-8-3-4-9-15(14)21-10-13(19)16-11(17)6-5-7-12(16)18/h3-9H,2,10H2,1H3. The lowest BCUT2D eigenvalue weighted by molar-refractivity contribution is 0.0910. The Morgan fingerprint density at radius 3 is 2.10 bits per heavy atom. The first-order valence-electron chi connectivity index (χ1n) is 6.45. The van der Waals surface area contributed by atoms with Gasteiger partial charge in [-0.3, -0.25) is 4.79 Å². The summed E-state index contributed by atoms with van der Waals surface area (Å²) >= 11 is 0. The highest BCUT2D eigenvalue weighted by Crippen LogP contribution is 2.26. The molecule has 110 valence electrons. The van der Waals surface area contributed by atoms with Crippen molar-refractivity contribution >= 4 is 5.78 Å². The van der Waals surface area contributed by atoms with Crippen molar-refractivity contribution in [3.8, 4) is 11.5 Å². The number of ketones is 1. The van der Waals surface area contributed by atoms with Gasteiger partial charge < -0.3 is 9.47 Å². The number of halogens is 2. The van der Waals surface area contributed by atoms with Gasteiger partial charge in [-0.15, -0.1) is 0 Å². The van der Waals surface area contributed by atoms with Crippen LogP contribution in [0.25, 0.3) is 0 Å². The lowest BCUT2D eigenvalue weighted by Crippen LogP contribution is -2.15. The first kappa shape index (κ1) is 15.0. The average molecular weight is 292 g/mol. The normalized spacial score (nSPS) is 10.2. The summed E-state index contributed by atoms with van der Waals surface area (Å²) in [6.45, 7) is 1.79. The van der Waals surface area contributed by atoms with E-state index >= 15 is 0 Å². The van der Waals surface area contributed by atoms with Crippen LogP contribution in [0.1, 0.15) is 17.3 Å². The van der Waals surface area contributed by atoms with Crippen molar-refractivity contribution in [1.82, 2.24) is 0 Å². The van der Waals surface area contributed by atoms with E-state index in [1.807, 2.05) is 6.92 Å². The van der Waals surface area contributed by atoms with Gasteiger partial charge in [-0.25, -0.2) is 8.78 Å². The minimum Gasteiger partial charge on any atom is -0.490 e. The number of hydrogen-bond donors (Lipinski definition) is 0. The van der Waals surface area contributed by atoms with Crippen molar-refractivity contribution < 1.29 is 23.0 Å². The van der Waals surface area contributed by atoms with Crippen LogP contribution in [0.4, 0.5) is 8.78 Å². The zero-order valence-electron chi connectivity index (χ0n) is 11.4. The van der Waals surface area contributed by atoms with Gasteiger partial charge in [0.1, 0.15) is 11.6 Å². The van der Waals surface area contributed by atoms with Crippen LogP contribution in [0.3, 0.4) is 0 Å². The Bertz CT molecular complexity index is 621. The van der Waals surface area contributed by atoms with E-state index in [1.165, 1.54) is 6.07 Å². The van der Waals surface area contributed by atoms with Crippen LogP contribution in [-0.4, -0.2) is 19.0 Å². The number of benzene rings is 2. The largest absolute Gasteiger partial charge is 0.490 e. The van der Waals surface area contributed by atoms with Crippen LogP contribution in [0, 0.1) is 11.6 Å². The number of carbonyl (C=O) groups excluding carboxylic acids is 1. The van der Waals surface area contributed by atoms with Crippen molar-refractivity contribution in [3.63, 3.8) is 0 Å². The van der Waals surface area contributed by atoms with Crippen LogP contribution in [-0.2, 0) is 0 Å². The second-order valence-corrected chi connectivity index (χ2v) is 4.19. The predicted octanol–water partition coefficient (Wildman–Crippen LogP) is 3.63. The van der Waals surface area contributed by atoms with Gasteiger partial charge in [0.2, 0.25) is 5.78 Å². The second kappa shape index (κ2) is 6.83. The summed E-state index contributed by atoms with van der Waals surface area (Å²) in [7, 11) is 0. The summed E-state index contributed by atoms with van der Waals surface area (Å²) in [5.74, 6) is -1.74. The fraction of sp³-hybridized carbons (Fsp3) is 0.188. The first-order valence-corrected chi connectivity index (χ1v) is 6.45. The van der Waals surface area contributed by atoms with Gasteiger partial charge in [-0.05, 0) is 31.2 Å². The van der Waals surface area contributed by atoms with Crippen molar-refractivity contribution in [2.24, 2.45) is 0 Å². The molecule has 5 heteroatoms. The predicted molar refractivity (Wildman–Crippen MR) is 73.8 cm³/mol. The number of hydrogen-bond acceptors (Lipinski definition) is 3. The lowest BCUT2D eigenvalue weighted by Gasteiger charge is -2.11. The topological polar surface area (TPSA) is 35.5 Å². The molecular formula is C16H14F2O3. The van der Waals surface area contributed by atoms with Gasteiger partial charge in [0.05, 0.1) is 12.2 Å². The molecule has 2 aromatic rings. The number of carbonyl (C=O) groups is 1. The van der Waals surface area contributed by atoms with Gasteiger partial charge >= 0.3 is 0 Å². The van der Waals surface area contributed by atoms with Gasteiger partial charge in [0.25, 0.3) is 0 Å². The van der Waals surface area contributed by atoms with Gasteiger partial charge in [0, 0.05) is 0 Å². The monoisotopic (exact) mass is 292 g/mol. The van der Waals surface area contributed by atoms with Crippen molar-refractivity contribution in [2.75, 3.05) is 13.2 Å². The maximum absolute atomic E-state index is 13.5. The molecule has 0 atom stereocenters. The summed E-state index contributed by atoms with van der Waals surface area (Å²) in [6.07, 6.45) is 0. The fourth-order valence-corrected chi connectivity index (χ4v) is 1.82. The van der Waals surface area contributed by atoms with E-state index < -0.39 is 29.6 Å². The molecule has 0 aliphatic rings. The second-order valence-electron chi connectivity index (χ2n) is 4.19. The quantitative estimate of drug-likeness (QED) is 0.763. The van der Waals surface area contributed by atoms with E-state index in [0.717, 1.165) is 12.1 Å². The molecule has 0 fully saturated rings. The summed E-state index contributed by atoms with van der Waals surface area (Å²) < 4.78 is 37.6. The van der Waals surface area contributed by atoms with E-state index in [9.17, 15) is 13.6 Å². The minimum atomic E-state index is -0.901. The van der Waals surface area contributed by atoms with E-state index in [2.05, 4.69) is 0 Å². The molecule has 0 heterocycles. The Morgan fingerprint density at radius 2 is 1.52 bits per heavy atom. The molecule has 0 aliphatic carbocycles. The summed E-state index contributed by atoms with van der Waals surface area (Å²) in [6, 6.07) is 10.0. The van der Waals surface area contributed by atoms with Gasteiger partial charge in [-0.2, -0.15) is 0 Å². The van der Waals surface area contributed by atoms with Crippen molar-refractivity contribution in [2.45, 2.75) is 6.92 Å². The molecule has 0 bridgehead atoms. The highest BCUT2D eigenvalue weighted by Gasteiger charge is 2.18. The third kappa shape index (κ3) is 3.56. The fourth-order valence-electron chi connectivity index (χ4n) is 1.82. The zero-order valence-corrected chi connectivity index (χ0v) is 11.4. The van der Waals surface area contributed by atoms with Crippen LogP contribution < -0.4 is 9.47 Å². The molecule has 0 amide bonds. The Kier molecular flexibility index (Phi) is 4.87. The number of ether oxygens (including phenoxy) is 2. The number of rotatable bonds is 6. The minimum absolute atomic E-state index is 0.351. The molecule has 0 aromatic heterocycles. The lowest BCUT2D eigenvalue weighted by atomic mass is 10.1. The van der Waals surface area contributed by atoms with Crippen molar-refractivity contribution in [3.05, 3.63) is 59.7 Å². The Balaban J connectivity index is 2.11. The molecular weight excluding hydrogens is 278 g/mol. The maximum atomic E-state index is 13.5. The molecule has 21 heavy (non-hydrogen) atoms. The number of Topliss-reactive ketones (excluding diaryl/α,β-unsaturated/α-hetero) is 1. The Hall–Kier alpha value is -2.43. The smallest absolute Gasteiger partial charge is 0.206 e. The van der Waals surface area contributed by atoms with E-state index in [4.69, 9.17) is 9.47 Å². The number of para-hydroxylation sites is 2. The molecule has 0 radical (unpaired) electrons. The van der Waals surface area contributed by atoms with E-state index in [0.29, 0.717) is 18.1 Å². The first-order chi connectivity index (χ1) is 10.1. The van der Waals surface area contributed by atoms with Gasteiger partial charge in [0.15, 0.2) is 18.1 Å². The summed E-state index contributed by atoms with van der Waals surface area (Å²) in [5.41, 5.74) is -0.591. The van der Waals surface area contributed by atoms with E-state index in [1.54, 1.807) is 24.3 Å². The third-order valence-corrected chi connectivity index (χ3v) is 2.75. The molecule has 0 aliphatic heterocycles. The molecule has 0 saturated carbocycles. The SMILES string of the molecule is CCOc1ccccc1OCC(=O)c1c(F)cccc1F. The van der Waals surface area contributed by atoms with Crippen LogP contribution >= 0.6 is 0 Å². The average Bonchev–Trinajstić information content (AvgIpc) is 2.46. The highest BCUT2D eigenvalue weighted by molar-refractivity contribution is 5.97. The highest BCUT2D eigenvalue weighted by atomic mass is 19.1. The molecule has 0 spiro atoms. The zero-order chi connectivity index (χ0) is 15.2. The molecule has 2 aromatic carbocycles. The van der Waals surface area contributed by atoms with Gasteiger partial charge in [-0.1, -0.05) is 18.2 Å². The molecule has 0 saturated heterocycles. The van der Waals surface area contributed by atoms with Crippen molar-refractivity contribution in [1.29, 1.82) is 0 Å². The molecule has 0 N–H and O–H groups in total. The van der Waals surface area contributed by atoms with Crippen LogP contribution in [0.5, 0.6) is 11.5 Å². The van der Waals surface area contributed by atoms with Crippen LogP contribution in [0.15, 0.2) is 42.5 Å². The third-order valence-electron chi connectivity index (χ3n) is 2.75. The van der Waals surface area contributed by atoms with E-state index in [-0.39, 0.29) is 0 Å². The maximum Gasteiger partial charge on any atom is 0.206 e. The Morgan fingerprint density at radius 1 is 0.952 bits per heavy atom. The molecule has 2 rings (SSSR count). The van der Waals surface area contributed by atoms with Crippen LogP contribution in [0.2, 0.25) is 0 Å². The summed E-state index contributed by atoms with van der Waals surface area (Å²) in [4.78, 5) is 11.9. The Labute approximate surface area is 121 Å². The molecule has 0 unspecified atom stereocenters.